The Morgan fingerprint density at radius 3 is 2.69 bits per heavy atom. The van der Waals surface area contributed by atoms with Gasteiger partial charge in [-0.3, -0.25) is 4.79 Å². The van der Waals surface area contributed by atoms with Crippen molar-refractivity contribution in [3.63, 3.8) is 0 Å². The molecule has 0 aliphatic rings. The van der Waals surface area contributed by atoms with Crippen molar-refractivity contribution in [3.8, 4) is 11.3 Å². The van der Waals surface area contributed by atoms with E-state index in [1.54, 1.807) is 6.07 Å². The van der Waals surface area contributed by atoms with Gasteiger partial charge in [-0.25, -0.2) is 0 Å². The van der Waals surface area contributed by atoms with Crippen LogP contribution in [0.3, 0.4) is 0 Å². The number of carbonyl (C=O) groups is 1. The van der Waals surface area contributed by atoms with Crippen LogP contribution in [0.5, 0.6) is 0 Å². The molecule has 1 heterocycles. The van der Waals surface area contributed by atoms with Crippen LogP contribution >= 0.6 is 0 Å². The van der Waals surface area contributed by atoms with E-state index >= 15 is 0 Å². The number of aromatic nitrogens is 1. The molecule has 26 heavy (non-hydrogen) atoms. The molecular formula is C22H26N2O2. The first-order valence-electron chi connectivity index (χ1n) is 9.45. The van der Waals surface area contributed by atoms with E-state index in [-0.39, 0.29) is 5.91 Å². The van der Waals surface area contributed by atoms with Gasteiger partial charge in [0.05, 0.1) is 0 Å². The normalized spacial score (nSPS) is 12.2. The molecule has 1 N–H and O–H groups in total. The van der Waals surface area contributed by atoms with Crippen molar-refractivity contribution in [2.75, 3.05) is 6.54 Å². The average Bonchev–Trinajstić information content (AvgIpc) is 3.18. The van der Waals surface area contributed by atoms with Gasteiger partial charge in [0.25, 0.3) is 5.91 Å². The number of unbranched alkanes of at least 4 members (excludes halogenated alkanes) is 1. The summed E-state index contributed by atoms with van der Waals surface area (Å²) in [6, 6.07) is 16.0. The highest BCUT2D eigenvalue weighted by molar-refractivity contribution is 5.93. The first-order valence-corrected chi connectivity index (χ1v) is 9.45. The van der Waals surface area contributed by atoms with Gasteiger partial charge in [0.1, 0.15) is 0 Å². The molecule has 1 amide bonds. The van der Waals surface area contributed by atoms with Gasteiger partial charge in [-0.2, -0.15) is 0 Å². The topological polar surface area (TPSA) is 55.1 Å². The van der Waals surface area contributed by atoms with Crippen molar-refractivity contribution in [2.45, 2.75) is 39.5 Å². The van der Waals surface area contributed by atoms with Crippen molar-refractivity contribution in [3.05, 3.63) is 54.2 Å². The highest BCUT2D eigenvalue weighted by atomic mass is 16.5. The predicted octanol–water partition coefficient (Wildman–Crippen LogP) is 5.44. The fourth-order valence-electron chi connectivity index (χ4n) is 3.13. The molecule has 136 valence electrons. The van der Waals surface area contributed by atoms with E-state index in [4.69, 9.17) is 4.52 Å². The summed E-state index contributed by atoms with van der Waals surface area (Å²) in [5.74, 6) is 0.959. The molecule has 0 unspecified atom stereocenters. The summed E-state index contributed by atoms with van der Waals surface area (Å²) in [7, 11) is 0. The molecule has 1 atom stereocenters. The summed E-state index contributed by atoms with van der Waals surface area (Å²) in [5, 5.41) is 9.25. The highest BCUT2D eigenvalue weighted by Crippen LogP contribution is 2.25. The maximum Gasteiger partial charge on any atom is 0.273 e. The van der Waals surface area contributed by atoms with Crippen LogP contribution in [0, 0.1) is 5.92 Å². The number of carbonyl (C=O) groups excluding carboxylic acids is 1. The number of hydrogen-bond acceptors (Lipinski definition) is 3. The van der Waals surface area contributed by atoms with Gasteiger partial charge < -0.3 is 9.84 Å². The molecule has 4 nitrogen and oxygen atoms in total. The van der Waals surface area contributed by atoms with Crippen molar-refractivity contribution < 1.29 is 9.32 Å². The summed E-state index contributed by atoms with van der Waals surface area (Å²) in [4.78, 5) is 12.4. The standard InChI is InChI=1S/C22H26N2O2/c1-3-5-8-16(4-2)15-23-22(25)20-14-21(26-24-20)19-12-11-17-9-6-7-10-18(17)13-19/h6-7,9-14,16H,3-5,8,15H2,1-2H3,(H,23,25)/t16-/m0/s1. The van der Waals surface area contributed by atoms with E-state index in [1.807, 2.05) is 24.3 Å². The summed E-state index contributed by atoms with van der Waals surface area (Å²) in [6.45, 7) is 5.04. The lowest BCUT2D eigenvalue weighted by Gasteiger charge is -2.14. The fourth-order valence-corrected chi connectivity index (χ4v) is 3.13. The number of nitrogens with one attached hydrogen (secondary N) is 1. The van der Waals surface area contributed by atoms with Gasteiger partial charge in [0, 0.05) is 18.2 Å². The zero-order valence-corrected chi connectivity index (χ0v) is 15.5. The first kappa shape index (κ1) is 18.2. The Hall–Kier alpha value is -2.62. The molecule has 0 bridgehead atoms. The van der Waals surface area contributed by atoms with E-state index in [0.29, 0.717) is 23.9 Å². The molecular weight excluding hydrogens is 324 g/mol. The molecule has 4 heteroatoms. The van der Waals surface area contributed by atoms with Gasteiger partial charge in [-0.15, -0.1) is 0 Å². The van der Waals surface area contributed by atoms with Gasteiger partial charge in [-0.1, -0.05) is 74.7 Å². The Balaban J connectivity index is 1.67. The lowest BCUT2D eigenvalue weighted by Crippen LogP contribution is -2.29. The molecule has 1 aromatic heterocycles. The van der Waals surface area contributed by atoms with Crippen LogP contribution in [-0.4, -0.2) is 17.6 Å². The third-order valence-corrected chi connectivity index (χ3v) is 4.87. The number of hydrogen-bond donors (Lipinski definition) is 1. The second kappa shape index (κ2) is 8.65. The molecule has 0 aliphatic heterocycles. The number of rotatable bonds is 8. The van der Waals surface area contributed by atoms with Crippen LogP contribution in [0.25, 0.3) is 22.1 Å². The summed E-state index contributed by atoms with van der Waals surface area (Å²) in [5.41, 5.74) is 1.25. The summed E-state index contributed by atoms with van der Waals surface area (Å²) in [6.07, 6.45) is 4.60. The van der Waals surface area contributed by atoms with Crippen LogP contribution < -0.4 is 5.32 Å². The Morgan fingerprint density at radius 2 is 1.92 bits per heavy atom. The van der Waals surface area contributed by atoms with E-state index < -0.39 is 0 Å². The maximum absolute atomic E-state index is 12.4. The quantitative estimate of drug-likeness (QED) is 0.588. The molecule has 0 fully saturated rings. The predicted molar refractivity (Wildman–Crippen MR) is 105 cm³/mol. The Labute approximate surface area is 154 Å². The second-order valence-electron chi connectivity index (χ2n) is 6.76. The largest absolute Gasteiger partial charge is 0.355 e. The number of nitrogens with zero attached hydrogens (tertiary/aromatic N) is 1. The SMILES string of the molecule is CCCC[C@H](CC)CNC(=O)c1cc(-c2ccc3ccccc3c2)on1. The average molecular weight is 350 g/mol. The maximum atomic E-state index is 12.4. The molecule has 0 saturated carbocycles. The summed E-state index contributed by atoms with van der Waals surface area (Å²) >= 11 is 0. The van der Waals surface area contributed by atoms with Gasteiger partial charge >= 0.3 is 0 Å². The second-order valence-corrected chi connectivity index (χ2v) is 6.76. The van der Waals surface area contributed by atoms with Crippen molar-refractivity contribution in [1.29, 1.82) is 0 Å². The Morgan fingerprint density at radius 1 is 1.12 bits per heavy atom. The van der Waals surface area contributed by atoms with E-state index in [2.05, 4.69) is 42.5 Å². The van der Waals surface area contributed by atoms with E-state index in [9.17, 15) is 4.79 Å². The minimum atomic E-state index is -0.171. The first-order chi connectivity index (χ1) is 12.7. The third kappa shape index (κ3) is 4.31. The molecule has 3 aromatic rings. The lowest BCUT2D eigenvalue weighted by molar-refractivity contribution is 0.0937. The van der Waals surface area contributed by atoms with Crippen LogP contribution in [-0.2, 0) is 0 Å². The number of amides is 1. The Kier molecular flexibility index (Phi) is 6.05. The monoisotopic (exact) mass is 350 g/mol. The van der Waals surface area contributed by atoms with Gasteiger partial charge in [-0.05, 0) is 29.2 Å². The molecule has 0 saturated heterocycles. The minimum absolute atomic E-state index is 0.171. The smallest absolute Gasteiger partial charge is 0.273 e. The van der Waals surface area contributed by atoms with Crippen LogP contribution in [0.2, 0.25) is 0 Å². The van der Waals surface area contributed by atoms with E-state index in [1.165, 1.54) is 18.2 Å². The zero-order valence-electron chi connectivity index (χ0n) is 15.5. The minimum Gasteiger partial charge on any atom is -0.355 e. The summed E-state index contributed by atoms with van der Waals surface area (Å²) < 4.78 is 5.41. The highest BCUT2D eigenvalue weighted by Gasteiger charge is 2.15. The van der Waals surface area contributed by atoms with Crippen LogP contribution in [0.4, 0.5) is 0 Å². The third-order valence-electron chi connectivity index (χ3n) is 4.87. The molecule has 3 rings (SSSR count). The fraction of sp³-hybridized carbons (Fsp3) is 0.364. The van der Waals surface area contributed by atoms with Crippen molar-refractivity contribution >= 4 is 16.7 Å². The van der Waals surface area contributed by atoms with Gasteiger partial charge in [0.15, 0.2) is 11.5 Å². The molecule has 0 radical (unpaired) electrons. The molecule has 2 aromatic carbocycles. The van der Waals surface area contributed by atoms with Crippen LogP contribution in [0.15, 0.2) is 53.1 Å². The van der Waals surface area contributed by atoms with Crippen molar-refractivity contribution in [2.24, 2.45) is 5.92 Å². The van der Waals surface area contributed by atoms with Crippen LogP contribution in [0.1, 0.15) is 50.0 Å². The van der Waals surface area contributed by atoms with Crippen molar-refractivity contribution in [1.82, 2.24) is 10.5 Å². The number of benzene rings is 2. The molecule has 0 aliphatic carbocycles. The number of fused-ring (bicyclic) bond motifs is 1. The lowest BCUT2D eigenvalue weighted by atomic mass is 9.99. The van der Waals surface area contributed by atoms with Gasteiger partial charge in [0.2, 0.25) is 0 Å². The van der Waals surface area contributed by atoms with E-state index in [0.717, 1.165) is 23.8 Å². The zero-order chi connectivity index (χ0) is 18.4. The Bertz CT molecular complexity index is 869. The molecule has 0 spiro atoms.